The number of rotatable bonds is 5. The summed E-state index contributed by atoms with van der Waals surface area (Å²) < 4.78 is 30.0. The lowest BCUT2D eigenvalue weighted by Crippen LogP contribution is -2.06. The van der Waals surface area contributed by atoms with Crippen molar-refractivity contribution < 1.29 is 23.4 Å². The first-order chi connectivity index (χ1) is 9.06. The van der Waals surface area contributed by atoms with Crippen molar-refractivity contribution in [3.05, 3.63) is 36.2 Å². The van der Waals surface area contributed by atoms with Crippen molar-refractivity contribution in [3.63, 3.8) is 0 Å². The molecule has 2 rings (SSSR count). The monoisotopic (exact) mass is 269 g/mol. The van der Waals surface area contributed by atoms with Gasteiger partial charge in [0, 0.05) is 0 Å². The van der Waals surface area contributed by atoms with Gasteiger partial charge in [-0.1, -0.05) is 17.3 Å². The Morgan fingerprint density at radius 3 is 2.84 bits per heavy atom. The molecular weight excluding hydrogens is 260 g/mol. The minimum absolute atomic E-state index is 0.0655. The van der Waals surface area contributed by atoms with Gasteiger partial charge in [0.25, 0.3) is 0 Å². The first-order valence-corrected chi connectivity index (χ1v) is 5.23. The summed E-state index contributed by atoms with van der Waals surface area (Å²) in [7, 11) is 0. The predicted octanol–water partition coefficient (Wildman–Crippen LogP) is 1.50. The van der Waals surface area contributed by atoms with Crippen LogP contribution in [0.25, 0.3) is 5.69 Å². The number of carboxylic acid groups (broad SMARTS) is 1. The van der Waals surface area contributed by atoms with Crippen LogP contribution in [0.1, 0.15) is 5.69 Å². The molecule has 0 fully saturated rings. The van der Waals surface area contributed by atoms with E-state index in [-0.39, 0.29) is 23.6 Å². The normalized spacial score (nSPS) is 10.7. The molecule has 0 aliphatic carbocycles. The molecule has 0 aliphatic rings. The zero-order valence-corrected chi connectivity index (χ0v) is 9.53. The fourth-order valence-electron chi connectivity index (χ4n) is 1.49. The number of hydrogen-bond acceptors (Lipinski definition) is 4. The summed E-state index contributed by atoms with van der Waals surface area (Å²) in [5.41, 5.74) is 0.478. The van der Waals surface area contributed by atoms with Crippen LogP contribution in [0.2, 0.25) is 0 Å². The topological polar surface area (TPSA) is 77.2 Å². The van der Waals surface area contributed by atoms with E-state index < -0.39 is 12.6 Å². The molecule has 1 aromatic carbocycles. The number of ether oxygens (including phenoxy) is 1. The Morgan fingerprint density at radius 2 is 2.16 bits per heavy atom. The summed E-state index contributed by atoms with van der Waals surface area (Å²) in [6.45, 7) is -2.96. The SMILES string of the molecule is O=C(O)Cc1cn(-c2ccccc2OC(F)F)nn1. The second-order valence-electron chi connectivity index (χ2n) is 3.57. The molecule has 1 heterocycles. The highest BCUT2D eigenvalue weighted by atomic mass is 19.3. The van der Waals surface area contributed by atoms with E-state index in [2.05, 4.69) is 15.0 Å². The zero-order chi connectivity index (χ0) is 13.8. The molecule has 0 atom stereocenters. The maximum Gasteiger partial charge on any atom is 0.387 e. The van der Waals surface area contributed by atoms with Crippen LogP contribution in [0.4, 0.5) is 8.78 Å². The van der Waals surface area contributed by atoms with Crippen LogP contribution in [0.3, 0.4) is 0 Å². The van der Waals surface area contributed by atoms with Gasteiger partial charge in [-0.05, 0) is 12.1 Å². The van der Waals surface area contributed by atoms with Gasteiger partial charge in [0.15, 0.2) is 5.75 Å². The van der Waals surface area contributed by atoms with Crippen molar-refractivity contribution in [1.29, 1.82) is 0 Å². The Kier molecular flexibility index (Phi) is 3.69. The van der Waals surface area contributed by atoms with Crippen molar-refractivity contribution in [2.75, 3.05) is 0 Å². The lowest BCUT2D eigenvalue weighted by Gasteiger charge is -2.09. The minimum atomic E-state index is -2.96. The van der Waals surface area contributed by atoms with Crippen LogP contribution >= 0.6 is 0 Å². The van der Waals surface area contributed by atoms with Crippen LogP contribution in [0.5, 0.6) is 5.75 Å². The molecule has 0 saturated heterocycles. The molecule has 100 valence electrons. The highest BCUT2D eigenvalue weighted by molar-refractivity contribution is 5.69. The predicted molar refractivity (Wildman–Crippen MR) is 59.3 cm³/mol. The first kappa shape index (κ1) is 12.9. The molecule has 0 amide bonds. The van der Waals surface area contributed by atoms with Crippen LogP contribution in [0.15, 0.2) is 30.5 Å². The molecule has 19 heavy (non-hydrogen) atoms. The lowest BCUT2D eigenvalue weighted by molar-refractivity contribution is -0.136. The summed E-state index contributed by atoms with van der Waals surface area (Å²) in [5.74, 6) is -1.12. The third kappa shape index (κ3) is 3.24. The number of alkyl halides is 2. The van der Waals surface area contributed by atoms with Crippen LogP contribution in [0, 0.1) is 0 Å². The average molecular weight is 269 g/mol. The Hall–Kier alpha value is -2.51. The molecule has 0 aliphatic heterocycles. The summed E-state index contributed by atoms with van der Waals surface area (Å²) in [5, 5.41) is 15.9. The number of aromatic nitrogens is 3. The van der Waals surface area contributed by atoms with Crippen LogP contribution in [-0.2, 0) is 11.2 Å². The maximum atomic E-state index is 12.2. The zero-order valence-electron chi connectivity index (χ0n) is 9.53. The first-order valence-electron chi connectivity index (χ1n) is 5.23. The molecule has 0 spiro atoms. The summed E-state index contributed by atoms with van der Waals surface area (Å²) in [4.78, 5) is 10.5. The molecule has 0 saturated carbocycles. The fraction of sp³-hybridized carbons (Fsp3) is 0.182. The third-order valence-electron chi connectivity index (χ3n) is 2.20. The van der Waals surface area contributed by atoms with Crippen molar-refractivity contribution in [3.8, 4) is 11.4 Å². The van der Waals surface area contributed by atoms with Gasteiger partial charge >= 0.3 is 12.6 Å². The maximum absolute atomic E-state index is 12.2. The Labute approximate surface area is 106 Å². The average Bonchev–Trinajstić information content (AvgIpc) is 2.76. The molecule has 1 aromatic heterocycles. The Balaban J connectivity index is 2.30. The highest BCUT2D eigenvalue weighted by Gasteiger charge is 2.13. The largest absolute Gasteiger partial charge is 0.481 e. The minimum Gasteiger partial charge on any atom is -0.481 e. The Bertz CT molecular complexity index is 586. The van der Waals surface area contributed by atoms with Crippen molar-refractivity contribution in [2.45, 2.75) is 13.0 Å². The molecule has 0 radical (unpaired) electrons. The van der Waals surface area contributed by atoms with Gasteiger partial charge in [0.2, 0.25) is 0 Å². The van der Waals surface area contributed by atoms with Gasteiger partial charge in [0.1, 0.15) is 5.69 Å². The highest BCUT2D eigenvalue weighted by Crippen LogP contribution is 2.23. The van der Waals surface area contributed by atoms with E-state index in [1.54, 1.807) is 6.07 Å². The van der Waals surface area contributed by atoms with E-state index in [9.17, 15) is 13.6 Å². The smallest absolute Gasteiger partial charge is 0.387 e. The second kappa shape index (κ2) is 5.42. The number of nitrogens with zero attached hydrogens (tertiary/aromatic N) is 3. The molecule has 1 N–H and O–H groups in total. The number of carboxylic acids is 1. The second-order valence-corrected chi connectivity index (χ2v) is 3.57. The Morgan fingerprint density at radius 1 is 1.42 bits per heavy atom. The van der Waals surface area contributed by atoms with E-state index in [0.29, 0.717) is 0 Å². The van der Waals surface area contributed by atoms with E-state index >= 15 is 0 Å². The third-order valence-corrected chi connectivity index (χ3v) is 2.20. The number of halogens is 2. The van der Waals surface area contributed by atoms with Gasteiger partial charge < -0.3 is 9.84 Å². The standard InChI is InChI=1S/C11H9F2N3O3/c12-11(13)19-9-4-2-1-3-8(9)16-6-7(14-15-16)5-10(17)18/h1-4,6,11H,5H2,(H,17,18). The molecule has 0 unspecified atom stereocenters. The van der Waals surface area contributed by atoms with Gasteiger partial charge in [-0.25, -0.2) is 4.68 Å². The van der Waals surface area contributed by atoms with E-state index in [1.165, 1.54) is 29.1 Å². The molecule has 8 heteroatoms. The number of para-hydroxylation sites is 2. The molecule has 6 nitrogen and oxygen atoms in total. The van der Waals surface area contributed by atoms with Crippen molar-refractivity contribution >= 4 is 5.97 Å². The molecule has 0 bridgehead atoms. The number of hydrogen-bond donors (Lipinski definition) is 1. The van der Waals surface area contributed by atoms with Gasteiger partial charge in [-0.15, -0.1) is 5.10 Å². The fourth-order valence-corrected chi connectivity index (χ4v) is 1.49. The summed E-state index contributed by atoms with van der Waals surface area (Å²) >= 11 is 0. The summed E-state index contributed by atoms with van der Waals surface area (Å²) in [6, 6.07) is 6.03. The number of benzene rings is 1. The van der Waals surface area contributed by atoms with Crippen molar-refractivity contribution in [2.24, 2.45) is 0 Å². The molecule has 2 aromatic rings. The molecular formula is C11H9F2N3O3. The summed E-state index contributed by atoms with van der Waals surface area (Å²) in [6.07, 6.45) is 1.06. The van der Waals surface area contributed by atoms with E-state index in [4.69, 9.17) is 5.11 Å². The van der Waals surface area contributed by atoms with E-state index in [0.717, 1.165) is 0 Å². The van der Waals surface area contributed by atoms with Crippen LogP contribution < -0.4 is 4.74 Å². The van der Waals surface area contributed by atoms with Crippen LogP contribution in [-0.4, -0.2) is 32.7 Å². The van der Waals surface area contributed by atoms with E-state index in [1.807, 2.05) is 0 Å². The quantitative estimate of drug-likeness (QED) is 0.889. The number of aliphatic carboxylic acids is 1. The van der Waals surface area contributed by atoms with Crippen molar-refractivity contribution in [1.82, 2.24) is 15.0 Å². The van der Waals surface area contributed by atoms with Gasteiger partial charge in [-0.2, -0.15) is 8.78 Å². The van der Waals surface area contributed by atoms with Gasteiger partial charge in [-0.3, -0.25) is 4.79 Å². The lowest BCUT2D eigenvalue weighted by atomic mass is 10.3. The number of carbonyl (C=O) groups is 1. The van der Waals surface area contributed by atoms with Gasteiger partial charge in [0.05, 0.1) is 18.3 Å².